The Balaban J connectivity index is 2.84. The first-order chi connectivity index (χ1) is 8.71. The van der Waals surface area contributed by atoms with Crippen molar-refractivity contribution < 1.29 is 19.0 Å². The average Bonchev–Trinajstić information content (AvgIpc) is 2.42. The summed E-state index contributed by atoms with van der Waals surface area (Å²) in [5.74, 6) is 1.09. The Morgan fingerprint density at radius 1 is 1.11 bits per heavy atom. The van der Waals surface area contributed by atoms with Crippen molar-refractivity contribution in [3.63, 3.8) is 0 Å². The highest BCUT2D eigenvalue weighted by Gasteiger charge is 2.00. The van der Waals surface area contributed by atoms with E-state index in [1.807, 2.05) is 24.3 Å². The third-order valence-corrected chi connectivity index (χ3v) is 2.26. The summed E-state index contributed by atoms with van der Waals surface area (Å²) in [5.41, 5.74) is 0.867. The molecule has 0 heterocycles. The van der Waals surface area contributed by atoms with Crippen LogP contribution in [-0.2, 0) is 9.53 Å². The van der Waals surface area contributed by atoms with Crippen molar-refractivity contribution in [3.05, 3.63) is 42.0 Å². The molecule has 0 bridgehead atoms. The van der Waals surface area contributed by atoms with Crippen molar-refractivity contribution >= 4 is 12.0 Å². The SMILES string of the molecule is COC(=O)/C=C/C=C/c1cc(OC)ccc1OC. The molecule has 0 fully saturated rings. The van der Waals surface area contributed by atoms with Gasteiger partial charge in [0.15, 0.2) is 0 Å². The zero-order valence-corrected chi connectivity index (χ0v) is 10.7. The minimum absolute atomic E-state index is 0.391. The van der Waals surface area contributed by atoms with E-state index in [9.17, 15) is 4.79 Å². The average molecular weight is 248 g/mol. The zero-order valence-electron chi connectivity index (χ0n) is 10.7. The van der Waals surface area contributed by atoms with Gasteiger partial charge in [-0.2, -0.15) is 0 Å². The van der Waals surface area contributed by atoms with Crippen LogP contribution in [0.25, 0.3) is 6.08 Å². The van der Waals surface area contributed by atoms with Gasteiger partial charge in [-0.3, -0.25) is 0 Å². The number of hydrogen-bond donors (Lipinski definition) is 0. The van der Waals surface area contributed by atoms with Gasteiger partial charge in [-0.15, -0.1) is 0 Å². The van der Waals surface area contributed by atoms with Crippen LogP contribution in [0.3, 0.4) is 0 Å². The predicted octanol–water partition coefficient (Wildman–Crippen LogP) is 2.45. The predicted molar refractivity (Wildman–Crippen MR) is 69.7 cm³/mol. The molecule has 0 saturated carbocycles. The Labute approximate surface area is 106 Å². The van der Waals surface area contributed by atoms with Crippen LogP contribution in [0.1, 0.15) is 5.56 Å². The van der Waals surface area contributed by atoms with Gasteiger partial charge in [0.2, 0.25) is 0 Å². The van der Waals surface area contributed by atoms with E-state index >= 15 is 0 Å². The zero-order chi connectivity index (χ0) is 13.4. The molecule has 0 unspecified atom stereocenters. The summed E-state index contributed by atoms with van der Waals surface area (Å²) in [6.45, 7) is 0. The Morgan fingerprint density at radius 2 is 1.89 bits per heavy atom. The Kier molecular flexibility index (Phi) is 5.51. The molecule has 96 valence electrons. The summed E-state index contributed by atoms with van der Waals surface area (Å²) >= 11 is 0. The van der Waals surface area contributed by atoms with Crippen LogP contribution in [0.4, 0.5) is 0 Å². The molecule has 1 aromatic carbocycles. The van der Waals surface area contributed by atoms with Gasteiger partial charge in [-0.1, -0.05) is 18.2 Å². The molecule has 0 saturated heterocycles. The molecule has 18 heavy (non-hydrogen) atoms. The number of esters is 1. The summed E-state index contributed by atoms with van der Waals surface area (Å²) in [4.78, 5) is 10.9. The van der Waals surface area contributed by atoms with E-state index in [-0.39, 0.29) is 0 Å². The molecule has 0 amide bonds. The number of allylic oxidation sites excluding steroid dienone is 2. The lowest BCUT2D eigenvalue weighted by molar-refractivity contribution is -0.134. The molecule has 0 radical (unpaired) electrons. The van der Waals surface area contributed by atoms with E-state index in [2.05, 4.69) is 4.74 Å². The van der Waals surface area contributed by atoms with Gasteiger partial charge in [0.25, 0.3) is 0 Å². The fourth-order valence-electron chi connectivity index (χ4n) is 1.33. The summed E-state index contributed by atoms with van der Waals surface area (Å²) in [7, 11) is 4.54. The van der Waals surface area contributed by atoms with Crippen LogP contribution in [-0.4, -0.2) is 27.3 Å². The highest BCUT2D eigenvalue weighted by molar-refractivity contribution is 5.82. The van der Waals surface area contributed by atoms with Gasteiger partial charge in [0.1, 0.15) is 11.5 Å². The van der Waals surface area contributed by atoms with E-state index in [4.69, 9.17) is 9.47 Å². The number of benzene rings is 1. The minimum atomic E-state index is -0.391. The fourth-order valence-corrected chi connectivity index (χ4v) is 1.33. The quantitative estimate of drug-likeness (QED) is 0.456. The van der Waals surface area contributed by atoms with Gasteiger partial charge in [-0.25, -0.2) is 4.79 Å². The molecule has 0 aromatic heterocycles. The van der Waals surface area contributed by atoms with E-state index < -0.39 is 5.97 Å². The van der Waals surface area contributed by atoms with Crippen LogP contribution >= 0.6 is 0 Å². The smallest absolute Gasteiger partial charge is 0.330 e. The summed E-state index contributed by atoms with van der Waals surface area (Å²) in [5, 5.41) is 0. The number of methoxy groups -OCH3 is 3. The number of carbonyl (C=O) groups is 1. The molecule has 0 N–H and O–H groups in total. The Hall–Kier alpha value is -2.23. The lowest BCUT2D eigenvalue weighted by atomic mass is 10.1. The molecule has 0 spiro atoms. The molecule has 1 rings (SSSR count). The highest BCUT2D eigenvalue weighted by atomic mass is 16.5. The molecular formula is C14H16O4. The first kappa shape index (κ1) is 13.8. The topological polar surface area (TPSA) is 44.8 Å². The summed E-state index contributed by atoms with van der Waals surface area (Å²) < 4.78 is 14.8. The maximum atomic E-state index is 10.9. The minimum Gasteiger partial charge on any atom is -0.497 e. The standard InChI is InChI=1S/C14H16O4/c1-16-12-8-9-13(17-2)11(10-12)6-4-5-7-14(15)18-3/h4-10H,1-3H3/b6-4+,7-5+. The van der Waals surface area contributed by atoms with E-state index in [1.54, 1.807) is 26.4 Å². The second-order valence-electron chi connectivity index (χ2n) is 3.35. The van der Waals surface area contributed by atoms with E-state index in [0.717, 1.165) is 17.1 Å². The van der Waals surface area contributed by atoms with Crippen molar-refractivity contribution in [2.24, 2.45) is 0 Å². The van der Waals surface area contributed by atoms with Crippen LogP contribution in [0.5, 0.6) is 11.5 Å². The maximum Gasteiger partial charge on any atom is 0.330 e. The van der Waals surface area contributed by atoms with Gasteiger partial charge < -0.3 is 14.2 Å². The first-order valence-electron chi connectivity index (χ1n) is 5.36. The molecule has 0 aliphatic rings. The number of ether oxygens (including phenoxy) is 3. The third kappa shape index (κ3) is 3.97. The van der Waals surface area contributed by atoms with Gasteiger partial charge in [-0.05, 0) is 18.2 Å². The maximum absolute atomic E-state index is 10.9. The van der Waals surface area contributed by atoms with E-state index in [0.29, 0.717) is 0 Å². The van der Waals surface area contributed by atoms with E-state index in [1.165, 1.54) is 13.2 Å². The van der Waals surface area contributed by atoms with Crippen molar-refractivity contribution in [1.82, 2.24) is 0 Å². The van der Waals surface area contributed by atoms with Crippen molar-refractivity contribution in [3.8, 4) is 11.5 Å². The molecule has 4 heteroatoms. The van der Waals surface area contributed by atoms with Crippen molar-refractivity contribution in [2.45, 2.75) is 0 Å². The largest absolute Gasteiger partial charge is 0.497 e. The number of carbonyl (C=O) groups excluding carboxylic acids is 1. The lowest BCUT2D eigenvalue weighted by Crippen LogP contribution is -1.92. The molecule has 0 aliphatic heterocycles. The molecule has 0 atom stereocenters. The second-order valence-corrected chi connectivity index (χ2v) is 3.35. The van der Waals surface area contributed by atoms with Gasteiger partial charge >= 0.3 is 5.97 Å². The number of hydrogen-bond acceptors (Lipinski definition) is 4. The van der Waals surface area contributed by atoms with Gasteiger partial charge in [0, 0.05) is 11.6 Å². The lowest BCUT2D eigenvalue weighted by Gasteiger charge is -2.06. The summed E-state index contributed by atoms with van der Waals surface area (Å²) in [6.07, 6.45) is 6.49. The number of rotatable bonds is 5. The second kappa shape index (κ2) is 7.17. The summed E-state index contributed by atoms with van der Waals surface area (Å²) in [6, 6.07) is 5.49. The molecule has 0 aliphatic carbocycles. The van der Waals surface area contributed by atoms with Gasteiger partial charge in [0.05, 0.1) is 21.3 Å². The fraction of sp³-hybridized carbons (Fsp3) is 0.214. The monoisotopic (exact) mass is 248 g/mol. The first-order valence-corrected chi connectivity index (χ1v) is 5.36. The molecular weight excluding hydrogens is 232 g/mol. The van der Waals surface area contributed by atoms with Crippen LogP contribution < -0.4 is 9.47 Å². The third-order valence-electron chi connectivity index (χ3n) is 2.26. The highest BCUT2D eigenvalue weighted by Crippen LogP contribution is 2.24. The van der Waals surface area contributed by atoms with Crippen LogP contribution in [0, 0.1) is 0 Å². The molecule has 1 aromatic rings. The Morgan fingerprint density at radius 3 is 2.50 bits per heavy atom. The van der Waals surface area contributed by atoms with Crippen LogP contribution in [0.15, 0.2) is 36.4 Å². The van der Waals surface area contributed by atoms with Crippen LogP contribution in [0.2, 0.25) is 0 Å². The Bertz CT molecular complexity index is 461. The normalized spacial score (nSPS) is 10.8. The molecule has 4 nitrogen and oxygen atoms in total. The van der Waals surface area contributed by atoms with Crippen molar-refractivity contribution in [1.29, 1.82) is 0 Å². The van der Waals surface area contributed by atoms with Crippen molar-refractivity contribution in [2.75, 3.05) is 21.3 Å².